The molecule has 0 fully saturated rings. The van der Waals surface area contributed by atoms with Crippen LogP contribution in [0.25, 0.3) is 0 Å². The van der Waals surface area contributed by atoms with Crippen LogP contribution in [0.15, 0.2) is 18.3 Å². The van der Waals surface area contributed by atoms with Gasteiger partial charge in [-0.25, -0.2) is 22.5 Å². The Morgan fingerprint density at radius 1 is 1.53 bits per heavy atom. The van der Waals surface area contributed by atoms with E-state index in [2.05, 4.69) is 15.6 Å². The second kappa shape index (κ2) is 6.69. The van der Waals surface area contributed by atoms with Gasteiger partial charge in [0, 0.05) is 26.3 Å². The largest absolute Gasteiger partial charge is 0.337 e. The molecule has 0 saturated carbocycles. The number of rotatable bonds is 5. The lowest BCUT2D eigenvalue weighted by atomic mass is 10.4. The number of nitrogens with one attached hydrogen (secondary N) is 2. The fraction of sp³-hybridized carbons (Fsp3) is 0.400. The molecular weight excluding hydrogens is 292 g/mol. The molecule has 1 rings (SSSR count). The van der Waals surface area contributed by atoms with Crippen molar-refractivity contribution in [1.82, 2.24) is 14.6 Å². The van der Waals surface area contributed by atoms with Gasteiger partial charge in [-0.3, -0.25) is 0 Å². The maximum absolute atomic E-state index is 11.5. The Morgan fingerprint density at radius 3 is 2.79 bits per heavy atom. The van der Waals surface area contributed by atoms with Crippen molar-refractivity contribution in [1.29, 1.82) is 0 Å². The SMILES string of the molecule is CN(CCNC(=O)Nc1cccnc1Cl)S(C)(=O)=O. The van der Waals surface area contributed by atoms with Gasteiger partial charge in [0.1, 0.15) is 0 Å². The summed E-state index contributed by atoms with van der Waals surface area (Å²) in [6.45, 7) is 0.375. The van der Waals surface area contributed by atoms with Crippen molar-refractivity contribution in [2.24, 2.45) is 0 Å². The van der Waals surface area contributed by atoms with E-state index in [1.54, 1.807) is 12.1 Å². The monoisotopic (exact) mass is 306 g/mol. The number of aromatic nitrogens is 1. The number of anilines is 1. The van der Waals surface area contributed by atoms with E-state index in [1.807, 2.05) is 0 Å². The average molecular weight is 307 g/mol. The molecule has 2 amide bonds. The molecule has 1 heterocycles. The zero-order valence-corrected chi connectivity index (χ0v) is 12.1. The van der Waals surface area contributed by atoms with E-state index >= 15 is 0 Å². The van der Waals surface area contributed by atoms with E-state index in [9.17, 15) is 13.2 Å². The molecule has 9 heteroatoms. The van der Waals surface area contributed by atoms with E-state index in [1.165, 1.54) is 13.2 Å². The Balaban J connectivity index is 2.39. The zero-order chi connectivity index (χ0) is 14.5. The fourth-order valence-corrected chi connectivity index (χ4v) is 1.73. The van der Waals surface area contributed by atoms with E-state index in [4.69, 9.17) is 11.6 Å². The summed E-state index contributed by atoms with van der Waals surface area (Å²) in [5, 5.41) is 5.22. The van der Waals surface area contributed by atoms with E-state index in [0.29, 0.717) is 5.69 Å². The van der Waals surface area contributed by atoms with Crippen LogP contribution in [0.3, 0.4) is 0 Å². The van der Waals surface area contributed by atoms with Crippen LogP contribution >= 0.6 is 11.6 Å². The summed E-state index contributed by atoms with van der Waals surface area (Å²) in [7, 11) is -1.80. The second-order valence-electron chi connectivity index (χ2n) is 3.81. The minimum Gasteiger partial charge on any atom is -0.337 e. The van der Waals surface area contributed by atoms with Gasteiger partial charge in [0.15, 0.2) is 5.15 Å². The maximum Gasteiger partial charge on any atom is 0.319 e. The number of carbonyl (C=O) groups is 1. The highest BCUT2D eigenvalue weighted by Gasteiger charge is 2.11. The summed E-state index contributed by atoms with van der Waals surface area (Å²) in [5.41, 5.74) is 0.387. The number of carbonyl (C=O) groups excluding carboxylic acids is 1. The highest BCUT2D eigenvalue weighted by Crippen LogP contribution is 2.16. The quantitative estimate of drug-likeness (QED) is 0.785. The standard InChI is InChI=1S/C10H15ClN4O3S/c1-15(19(2,17)18)7-6-13-10(16)14-8-4-3-5-12-9(8)11/h3-5H,6-7H2,1-2H3,(H2,13,14,16). The fourth-order valence-electron chi connectivity index (χ4n) is 1.14. The molecule has 106 valence electrons. The molecule has 0 unspecified atom stereocenters. The Bertz CT molecular complexity index is 549. The normalized spacial score (nSPS) is 11.4. The van der Waals surface area contributed by atoms with Crippen molar-refractivity contribution in [2.75, 3.05) is 31.7 Å². The van der Waals surface area contributed by atoms with Crippen LogP contribution in [0.2, 0.25) is 5.15 Å². The van der Waals surface area contributed by atoms with Crippen LogP contribution in [0.4, 0.5) is 10.5 Å². The van der Waals surface area contributed by atoms with Crippen LogP contribution in [-0.4, -0.2) is 50.1 Å². The zero-order valence-electron chi connectivity index (χ0n) is 10.6. The minimum absolute atomic E-state index is 0.186. The van der Waals surface area contributed by atoms with Crippen LogP contribution < -0.4 is 10.6 Å². The maximum atomic E-state index is 11.5. The molecule has 0 atom stereocenters. The highest BCUT2D eigenvalue weighted by atomic mass is 35.5. The topological polar surface area (TPSA) is 91.4 Å². The lowest BCUT2D eigenvalue weighted by Gasteiger charge is -2.14. The smallest absolute Gasteiger partial charge is 0.319 e. The number of sulfonamides is 1. The van der Waals surface area contributed by atoms with Crippen LogP contribution in [0.1, 0.15) is 0 Å². The summed E-state index contributed by atoms with van der Waals surface area (Å²) >= 11 is 5.77. The predicted molar refractivity (Wildman–Crippen MR) is 73.7 cm³/mol. The number of likely N-dealkylation sites (N-methyl/N-ethyl adjacent to an activating group) is 1. The van der Waals surface area contributed by atoms with Gasteiger partial charge < -0.3 is 10.6 Å². The number of urea groups is 1. The molecule has 19 heavy (non-hydrogen) atoms. The van der Waals surface area contributed by atoms with Gasteiger partial charge >= 0.3 is 6.03 Å². The first kappa shape index (κ1) is 15.7. The van der Waals surface area contributed by atoms with Gasteiger partial charge in [0.2, 0.25) is 10.0 Å². The van der Waals surface area contributed by atoms with Crippen LogP contribution in [0, 0.1) is 0 Å². The average Bonchev–Trinajstić information content (AvgIpc) is 2.31. The first-order chi connectivity index (χ1) is 8.80. The molecule has 0 radical (unpaired) electrons. The number of nitrogens with zero attached hydrogens (tertiary/aromatic N) is 2. The molecule has 1 aromatic heterocycles. The molecule has 0 spiro atoms. The van der Waals surface area contributed by atoms with Crippen LogP contribution in [-0.2, 0) is 10.0 Å². The second-order valence-corrected chi connectivity index (χ2v) is 6.25. The summed E-state index contributed by atoms with van der Waals surface area (Å²) < 4.78 is 23.4. The molecule has 0 bridgehead atoms. The Labute approximate surface area is 117 Å². The van der Waals surface area contributed by atoms with E-state index in [0.717, 1.165) is 10.6 Å². The Hall–Kier alpha value is -1.38. The molecule has 7 nitrogen and oxygen atoms in total. The van der Waals surface area contributed by atoms with Gasteiger partial charge in [-0.15, -0.1) is 0 Å². The number of amides is 2. The first-order valence-electron chi connectivity index (χ1n) is 5.37. The summed E-state index contributed by atoms with van der Waals surface area (Å²) in [4.78, 5) is 15.3. The Kier molecular flexibility index (Phi) is 5.52. The van der Waals surface area contributed by atoms with Gasteiger partial charge in [-0.05, 0) is 12.1 Å². The molecule has 2 N–H and O–H groups in total. The van der Waals surface area contributed by atoms with Gasteiger partial charge in [-0.2, -0.15) is 0 Å². The summed E-state index contributed by atoms with van der Waals surface area (Å²) in [6.07, 6.45) is 2.61. The molecule has 0 aliphatic carbocycles. The highest BCUT2D eigenvalue weighted by molar-refractivity contribution is 7.88. The molecular formula is C10H15ClN4O3S. The molecule has 0 aliphatic rings. The van der Waals surface area contributed by atoms with Gasteiger partial charge in [-0.1, -0.05) is 11.6 Å². The lowest BCUT2D eigenvalue weighted by Crippen LogP contribution is -2.37. The minimum atomic E-state index is -3.24. The van der Waals surface area contributed by atoms with E-state index in [-0.39, 0.29) is 18.2 Å². The van der Waals surface area contributed by atoms with Crippen molar-refractivity contribution < 1.29 is 13.2 Å². The molecule has 0 saturated heterocycles. The van der Waals surface area contributed by atoms with Crippen molar-refractivity contribution in [3.63, 3.8) is 0 Å². The van der Waals surface area contributed by atoms with Gasteiger partial charge in [0.05, 0.1) is 11.9 Å². The number of hydrogen-bond acceptors (Lipinski definition) is 4. The Morgan fingerprint density at radius 2 is 2.21 bits per heavy atom. The third kappa shape index (κ3) is 5.41. The van der Waals surface area contributed by atoms with E-state index < -0.39 is 16.1 Å². The third-order valence-electron chi connectivity index (χ3n) is 2.29. The van der Waals surface area contributed by atoms with Crippen molar-refractivity contribution >= 4 is 33.3 Å². The summed E-state index contributed by atoms with van der Waals surface area (Å²) in [6, 6.07) is 2.77. The van der Waals surface area contributed by atoms with Crippen molar-refractivity contribution in [3.8, 4) is 0 Å². The van der Waals surface area contributed by atoms with Gasteiger partial charge in [0.25, 0.3) is 0 Å². The first-order valence-corrected chi connectivity index (χ1v) is 7.60. The molecule has 0 aliphatic heterocycles. The van der Waals surface area contributed by atoms with Crippen LogP contribution in [0.5, 0.6) is 0 Å². The predicted octanol–water partition coefficient (Wildman–Crippen LogP) is 0.748. The van der Waals surface area contributed by atoms with Crippen molar-refractivity contribution in [2.45, 2.75) is 0 Å². The third-order valence-corrected chi connectivity index (χ3v) is 3.90. The number of hydrogen-bond donors (Lipinski definition) is 2. The molecule has 1 aromatic rings. The number of pyridine rings is 1. The lowest BCUT2D eigenvalue weighted by molar-refractivity contribution is 0.251. The van der Waals surface area contributed by atoms with Crippen molar-refractivity contribution in [3.05, 3.63) is 23.5 Å². The number of halogens is 1. The summed E-state index contributed by atoms with van der Waals surface area (Å²) in [5.74, 6) is 0. The molecule has 0 aromatic carbocycles.